The topological polar surface area (TPSA) is 17.1 Å². The summed E-state index contributed by atoms with van der Waals surface area (Å²) in [5.74, 6) is 2.22. The Bertz CT molecular complexity index is 238. The molecule has 3 aliphatic carbocycles. The first-order chi connectivity index (χ1) is 6.34. The highest BCUT2D eigenvalue weighted by molar-refractivity contribution is 5.88. The molecule has 0 aliphatic heterocycles. The Balaban J connectivity index is 2.02. The quantitative estimate of drug-likeness (QED) is 0.557. The van der Waals surface area contributed by atoms with E-state index in [4.69, 9.17) is 0 Å². The molecule has 0 bridgehead atoms. The van der Waals surface area contributed by atoms with Crippen molar-refractivity contribution in [1.82, 2.24) is 0 Å². The van der Waals surface area contributed by atoms with Crippen molar-refractivity contribution in [3.63, 3.8) is 0 Å². The van der Waals surface area contributed by atoms with Crippen LogP contribution in [0.15, 0.2) is 0 Å². The first kappa shape index (κ1) is 8.02. The summed E-state index contributed by atoms with van der Waals surface area (Å²) in [6.07, 6.45) is 10.1. The lowest BCUT2D eigenvalue weighted by molar-refractivity contribution is -0.131. The summed E-state index contributed by atoms with van der Waals surface area (Å²) in [7, 11) is 0. The minimum atomic E-state index is 0.220. The number of ketones is 1. The summed E-state index contributed by atoms with van der Waals surface area (Å²) in [6.45, 7) is 0. The highest BCUT2D eigenvalue weighted by Gasteiger charge is 2.57. The molecule has 1 heteroatoms. The zero-order chi connectivity index (χ0) is 8.89. The van der Waals surface area contributed by atoms with Gasteiger partial charge in [-0.25, -0.2) is 0 Å². The largest absolute Gasteiger partial charge is 0.299 e. The average Bonchev–Trinajstić information content (AvgIpc) is 2.69. The maximum absolute atomic E-state index is 12.0. The Morgan fingerprint density at radius 1 is 1.00 bits per heavy atom. The number of Topliss-reactive ketones (excluding diaryl/α,β-unsaturated/α-hetero) is 1. The second-order valence-corrected chi connectivity index (χ2v) is 5.22. The molecule has 3 fully saturated rings. The third-order valence-electron chi connectivity index (χ3n) is 4.94. The standard InChI is InChI=1S/C12H18O/c13-11-7-6-10-4-1-3-9-5-2-8-12(9,10)11/h9-10H,1-8H2/t9-,10+,12-/m1/s1. The van der Waals surface area contributed by atoms with Crippen LogP contribution in [-0.4, -0.2) is 5.78 Å². The van der Waals surface area contributed by atoms with Crippen LogP contribution in [0, 0.1) is 17.3 Å². The van der Waals surface area contributed by atoms with Crippen LogP contribution < -0.4 is 0 Å². The van der Waals surface area contributed by atoms with Crippen molar-refractivity contribution in [3.8, 4) is 0 Å². The Hall–Kier alpha value is -0.330. The maximum Gasteiger partial charge on any atom is 0.139 e. The minimum absolute atomic E-state index is 0.220. The van der Waals surface area contributed by atoms with Crippen LogP contribution in [0.5, 0.6) is 0 Å². The van der Waals surface area contributed by atoms with Gasteiger partial charge in [0.15, 0.2) is 0 Å². The predicted octanol–water partition coefficient (Wildman–Crippen LogP) is 2.94. The Kier molecular flexibility index (Phi) is 1.59. The highest BCUT2D eigenvalue weighted by Crippen LogP contribution is 2.60. The first-order valence-electron chi connectivity index (χ1n) is 5.87. The normalized spacial score (nSPS) is 49.1. The number of carbonyl (C=O) groups is 1. The van der Waals surface area contributed by atoms with Crippen LogP contribution in [0.4, 0.5) is 0 Å². The molecule has 3 saturated carbocycles. The van der Waals surface area contributed by atoms with E-state index in [2.05, 4.69) is 0 Å². The second kappa shape index (κ2) is 2.59. The lowest BCUT2D eigenvalue weighted by atomic mass is 9.63. The Morgan fingerprint density at radius 3 is 2.54 bits per heavy atom. The molecule has 0 N–H and O–H groups in total. The molecule has 0 radical (unpaired) electrons. The van der Waals surface area contributed by atoms with Crippen LogP contribution in [0.2, 0.25) is 0 Å². The van der Waals surface area contributed by atoms with Gasteiger partial charge in [-0.05, 0) is 43.9 Å². The van der Waals surface area contributed by atoms with E-state index in [0.717, 1.165) is 18.3 Å². The van der Waals surface area contributed by atoms with Gasteiger partial charge in [-0.1, -0.05) is 12.8 Å². The molecule has 3 aliphatic rings. The zero-order valence-corrected chi connectivity index (χ0v) is 8.22. The molecule has 0 heterocycles. The van der Waals surface area contributed by atoms with Gasteiger partial charge in [0.2, 0.25) is 0 Å². The molecule has 0 saturated heterocycles. The van der Waals surface area contributed by atoms with Gasteiger partial charge < -0.3 is 0 Å². The van der Waals surface area contributed by atoms with Crippen molar-refractivity contribution in [2.75, 3.05) is 0 Å². The molecule has 0 amide bonds. The van der Waals surface area contributed by atoms with Crippen molar-refractivity contribution in [1.29, 1.82) is 0 Å². The van der Waals surface area contributed by atoms with E-state index in [-0.39, 0.29) is 5.41 Å². The van der Waals surface area contributed by atoms with E-state index >= 15 is 0 Å². The van der Waals surface area contributed by atoms with Crippen LogP contribution >= 0.6 is 0 Å². The molecule has 0 aromatic rings. The van der Waals surface area contributed by atoms with E-state index < -0.39 is 0 Å². The smallest absolute Gasteiger partial charge is 0.139 e. The molecule has 1 spiro atoms. The summed E-state index contributed by atoms with van der Waals surface area (Å²) in [5, 5.41) is 0. The molecule has 3 rings (SSSR count). The first-order valence-corrected chi connectivity index (χ1v) is 5.87. The fourth-order valence-corrected chi connectivity index (χ4v) is 4.44. The van der Waals surface area contributed by atoms with Gasteiger partial charge in [-0.15, -0.1) is 0 Å². The summed E-state index contributed by atoms with van der Waals surface area (Å²) in [6, 6.07) is 0. The van der Waals surface area contributed by atoms with E-state index in [1.54, 1.807) is 0 Å². The SMILES string of the molecule is O=C1CC[C@@H]2CCC[C@@H]3CCC[C@@]132. The lowest BCUT2D eigenvalue weighted by Crippen LogP contribution is -2.39. The molecular weight excluding hydrogens is 160 g/mol. The number of rotatable bonds is 0. The summed E-state index contributed by atoms with van der Waals surface area (Å²) >= 11 is 0. The number of hydrogen-bond donors (Lipinski definition) is 0. The van der Waals surface area contributed by atoms with Gasteiger partial charge >= 0.3 is 0 Å². The molecule has 0 aromatic heterocycles. The van der Waals surface area contributed by atoms with Crippen molar-refractivity contribution in [2.45, 2.75) is 51.4 Å². The molecule has 0 aromatic carbocycles. The van der Waals surface area contributed by atoms with Crippen LogP contribution in [0.3, 0.4) is 0 Å². The van der Waals surface area contributed by atoms with Gasteiger partial charge in [0.1, 0.15) is 5.78 Å². The summed E-state index contributed by atoms with van der Waals surface area (Å²) in [5.41, 5.74) is 0.220. The maximum atomic E-state index is 12.0. The van der Waals surface area contributed by atoms with E-state index in [9.17, 15) is 4.79 Å². The highest BCUT2D eigenvalue weighted by atomic mass is 16.1. The molecule has 0 unspecified atom stereocenters. The predicted molar refractivity (Wildman–Crippen MR) is 51.4 cm³/mol. The van der Waals surface area contributed by atoms with Crippen molar-refractivity contribution < 1.29 is 4.79 Å². The Morgan fingerprint density at radius 2 is 1.69 bits per heavy atom. The molecular formula is C12H18O. The van der Waals surface area contributed by atoms with Crippen LogP contribution in [0.1, 0.15) is 51.4 Å². The molecule has 1 nitrogen and oxygen atoms in total. The summed E-state index contributed by atoms with van der Waals surface area (Å²) < 4.78 is 0. The average molecular weight is 178 g/mol. The lowest BCUT2D eigenvalue weighted by Gasteiger charge is -2.40. The van der Waals surface area contributed by atoms with Gasteiger partial charge in [0.05, 0.1) is 0 Å². The second-order valence-electron chi connectivity index (χ2n) is 5.22. The van der Waals surface area contributed by atoms with Crippen LogP contribution in [0.25, 0.3) is 0 Å². The minimum Gasteiger partial charge on any atom is -0.299 e. The third kappa shape index (κ3) is 0.858. The summed E-state index contributed by atoms with van der Waals surface area (Å²) in [4.78, 5) is 12.0. The van der Waals surface area contributed by atoms with E-state index in [1.807, 2.05) is 0 Å². The van der Waals surface area contributed by atoms with Crippen molar-refractivity contribution in [3.05, 3.63) is 0 Å². The van der Waals surface area contributed by atoms with Crippen molar-refractivity contribution >= 4 is 5.78 Å². The van der Waals surface area contributed by atoms with Crippen molar-refractivity contribution in [2.24, 2.45) is 17.3 Å². The van der Waals surface area contributed by atoms with Gasteiger partial charge in [0, 0.05) is 11.8 Å². The molecule has 3 atom stereocenters. The fraction of sp³-hybridized carbons (Fsp3) is 0.917. The Labute approximate surface area is 79.9 Å². The monoisotopic (exact) mass is 178 g/mol. The van der Waals surface area contributed by atoms with Gasteiger partial charge in [-0.3, -0.25) is 4.79 Å². The zero-order valence-electron chi connectivity index (χ0n) is 8.22. The molecule has 13 heavy (non-hydrogen) atoms. The van der Waals surface area contributed by atoms with Gasteiger partial charge in [0.25, 0.3) is 0 Å². The molecule has 72 valence electrons. The van der Waals surface area contributed by atoms with E-state index in [1.165, 1.54) is 44.9 Å². The third-order valence-corrected chi connectivity index (χ3v) is 4.94. The fourth-order valence-electron chi connectivity index (χ4n) is 4.44. The van der Waals surface area contributed by atoms with Gasteiger partial charge in [-0.2, -0.15) is 0 Å². The van der Waals surface area contributed by atoms with Crippen LogP contribution in [-0.2, 0) is 4.79 Å². The number of carbonyl (C=O) groups excluding carboxylic acids is 1. The van der Waals surface area contributed by atoms with E-state index in [0.29, 0.717) is 5.78 Å². The number of hydrogen-bond acceptors (Lipinski definition) is 1.